The fourth-order valence-corrected chi connectivity index (χ4v) is 4.67. The number of phenols is 1. The SMILES string of the molecule is Cn1cc(-c2ccc(-c3ccc(O[C@@H]4C[C@H]5CC[C@H](C5)[C@@H]4F)nn3)c(O)c2)cn1. The molecule has 3 aromatic rings. The highest BCUT2D eigenvalue weighted by Crippen LogP contribution is 2.44. The van der Waals surface area contributed by atoms with Crippen LogP contribution in [0.25, 0.3) is 22.4 Å². The predicted octanol–water partition coefficient (Wildman–Crippen LogP) is 4.16. The van der Waals surface area contributed by atoms with Gasteiger partial charge in [-0.2, -0.15) is 5.10 Å². The van der Waals surface area contributed by atoms with E-state index in [1.807, 2.05) is 19.3 Å². The summed E-state index contributed by atoms with van der Waals surface area (Å²) in [7, 11) is 1.85. The zero-order chi connectivity index (χ0) is 20.0. The molecule has 0 amide bonds. The first kappa shape index (κ1) is 18.1. The number of hydrogen-bond acceptors (Lipinski definition) is 5. The third kappa shape index (κ3) is 3.45. The third-order valence-electron chi connectivity index (χ3n) is 6.18. The van der Waals surface area contributed by atoms with Crippen molar-refractivity contribution in [2.24, 2.45) is 18.9 Å². The summed E-state index contributed by atoms with van der Waals surface area (Å²) in [6.07, 6.45) is 6.06. The van der Waals surface area contributed by atoms with Crippen LogP contribution in [-0.2, 0) is 7.05 Å². The maximum Gasteiger partial charge on any atom is 0.233 e. The minimum absolute atomic E-state index is 0.113. The van der Waals surface area contributed by atoms with Crippen LogP contribution in [0.15, 0.2) is 42.7 Å². The van der Waals surface area contributed by atoms with Crippen molar-refractivity contribution >= 4 is 0 Å². The molecular weight excluding hydrogens is 371 g/mol. The first-order valence-corrected chi connectivity index (χ1v) is 10.0. The molecule has 2 aliphatic carbocycles. The summed E-state index contributed by atoms with van der Waals surface area (Å²) in [5.74, 6) is 1.14. The molecule has 29 heavy (non-hydrogen) atoms. The van der Waals surface area contributed by atoms with E-state index in [9.17, 15) is 9.50 Å². The summed E-state index contributed by atoms with van der Waals surface area (Å²) in [5.41, 5.74) is 2.91. The average molecular weight is 394 g/mol. The summed E-state index contributed by atoms with van der Waals surface area (Å²) >= 11 is 0. The number of alkyl halides is 1. The lowest BCUT2D eigenvalue weighted by molar-refractivity contribution is 0.0223. The molecule has 0 spiro atoms. The van der Waals surface area contributed by atoms with Gasteiger partial charge in [0, 0.05) is 30.4 Å². The molecular formula is C22H23FN4O2. The Hall–Kier alpha value is -2.96. The van der Waals surface area contributed by atoms with Gasteiger partial charge in [0.2, 0.25) is 5.88 Å². The molecule has 2 saturated carbocycles. The quantitative estimate of drug-likeness (QED) is 0.719. The molecule has 0 saturated heterocycles. The zero-order valence-corrected chi connectivity index (χ0v) is 16.2. The van der Waals surface area contributed by atoms with Crippen LogP contribution in [0, 0.1) is 11.8 Å². The van der Waals surface area contributed by atoms with Crippen molar-refractivity contribution < 1.29 is 14.2 Å². The Bertz CT molecular complexity index is 1020. The van der Waals surface area contributed by atoms with E-state index in [0.717, 1.165) is 36.8 Å². The van der Waals surface area contributed by atoms with Crippen LogP contribution in [0.3, 0.4) is 0 Å². The van der Waals surface area contributed by atoms with E-state index in [2.05, 4.69) is 15.3 Å². The van der Waals surface area contributed by atoms with Crippen LogP contribution < -0.4 is 4.74 Å². The number of phenolic OH excluding ortho intramolecular Hbond substituents is 1. The Kier molecular flexibility index (Phi) is 4.45. The average Bonchev–Trinajstić information content (AvgIpc) is 3.33. The summed E-state index contributed by atoms with van der Waals surface area (Å²) in [6.45, 7) is 0. The number of nitrogens with zero attached hydrogens (tertiary/aromatic N) is 4. The van der Waals surface area contributed by atoms with Crippen molar-refractivity contribution in [2.45, 2.75) is 38.0 Å². The molecule has 2 aromatic heterocycles. The van der Waals surface area contributed by atoms with Crippen LogP contribution in [0.2, 0.25) is 0 Å². The Morgan fingerprint density at radius 3 is 2.72 bits per heavy atom. The molecule has 0 unspecified atom stereocenters. The standard InChI is InChI=1S/C22H23FN4O2/c1-27-12-16(11-24-27)14-4-5-17(19(28)10-14)18-6-7-21(26-25-18)29-20-9-13-2-3-15(8-13)22(20)23/h4-7,10-13,15,20,22,28H,2-3,8-9H2,1H3/t13-,15+,20+,22-/m0/s1. The van der Waals surface area contributed by atoms with Gasteiger partial charge in [-0.1, -0.05) is 6.07 Å². The molecule has 2 bridgehead atoms. The molecule has 4 atom stereocenters. The number of aromatic hydroxyl groups is 1. The number of halogens is 1. The normalized spacial score (nSPS) is 25.9. The highest BCUT2D eigenvalue weighted by Gasteiger charge is 2.43. The van der Waals surface area contributed by atoms with E-state index in [4.69, 9.17) is 4.74 Å². The lowest BCUT2D eigenvalue weighted by Crippen LogP contribution is -2.38. The van der Waals surface area contributed by atoms with Crippen molar-refractivity contribution in [3.8, 4) is 34.0 Å². The number of rotatable bonds is 4. The Labute approximate surface area is 168 Å². The predicted molar refractivity (Wildman–Crippen MR) is 106 cm³/mol. The highest BCUT2D eigenvalue weighted by molar-refractivity contribution is 5.73. The van der Waals surface area contributed by atoms with Crippen LogP contribution in [0.1, 0.15) is 25.7 Å². The Morgan fingerprint density at radius 1 is 1.10 bits per heavy atom. The van der Waals surface area contributed by atoms with Crippen molar-refractivity contribution in [3.05, 3.63) is 42.7 Å². The van der Waals surface area contributed by atoms with Gasteiger partial charge in [0.15, 0.2) is 0 Å². The van der Waals surface area contributed by atoms with Crippen molar-refractivity contribution in [1.29, 1.82) is 0 Å². The van der Waals surface area contributed by atoms with Crippen molar-refractivity contribution in [3.63, 3.8) is 0 Å². The topological polar surface area (TPSA) is 73.1 Å². The minimum atomic E-state index is -0.931. The highest BCUT2D eigenvalue weighted by atomic mass is 19.1. The number of aryl methyl sites for hydroxylation is 1. The smallest absolute Gasteiger partial charge is 0.233 e. The van der Waals surface area contributed by atoms with Crippen LogP contribution in [0.4, 0.5) is 4.39 Å². The molecule has 2 aliphatic rings. The van der Waals surface area contributed by atoms with Crippen LogP contribution in [0.5, 0.6) is 11.6 Å². The molecule has 1 N–H and O–H groups in total. The van der Waals surface area contributed by atoms with E-state index >= 15 is 0 Å². The number of benzene rings is 1. The van der Waals surface area contributed by atoms with Gasteiger partial charge in [-0.25, -0.2) is 4.39 Å². The summed E-state index contributed by atoms with van der Waals surface area (Å²) in [4.78, 5) is 0. The molecule has 0 radical (unpaired) electrons. The summed E-state index contributed by atoms with van der Waals surface area (Å²) in [6, 6.07) is 8.83. The van der Waals surface area contributed by atoms with Crippen LogP contribution in [-0.4, -0.2) is 37.4 Å². The van der Waals surface area contributed by atoms with E-state index in [1.54, 1.807) is 35.1 Å². The van der Waals surface area contributed by atoms with Crippen molar-refractivity contribution in [2.75, 3.05) is 0 Å². The molecule has 5 rings (SSSR count). The second kappa shape index (κ2) is 7.13. The van der Waals surface area contributed by atoms with E-state index < -0.39 is 12.3 Å². The van der Waals surface area contributed by atoms with Crippen molar-refractivity contribution in [1.82, 2.24) is 20.0 Å². The van der Waals surface area contributed by atoms with Gasteiger partial charge >= 0.3 is 0 Å². The number of aromatic nitrogens is 4. The first-order chi connectivity index (χ1) is 14.1. The molecule has 1 aromatic carbocycles. The fourth-order valence-electron chi connectivity index (χ4n) is 4.67. The van der Waals surface area contributed by atoms with Gasteiger partial charge in [-0.15, -0.1) is 10.2 Å². The molecule has 2 fully saturated rings. The second-order valence-electron chi connectivity index (χ2n) is 8.17. The van der Waals surface area contributed by atoms with Gasteiger partial charge in [0.1, 0.15) is 18.0 Å². The van der Waals surface area contributed by atoms with Gasteiger partial charge in [-0.05, 0) is 61.3 Å². The molecule has 150 valence electrons. The number of fused-ring (bicyclic) bond motifs is 2. The minimum Gasteiger partial charge on any atom is -0.507 e. The lowest BCUT2D eigenvalue weighted by atomic mass is 9.85. The van der Waals surface area contributed by atoms with Crippen LogP contribution >= 0.6 is 0 Å². The van der Waals surface area contributed by atoms with Gasteiger partial charge in [0.25, 0.3) is 0 Å². The molecule has 2 heterocycles. The Balaban J connectivity index is 1.32. The summed E-state index contributed by atoms with van der Waals surface area (Å²) in [5, 5.41) is 22.9. The number of hydrogen-bond donors (Lipinski definition) is 1. The number of ether oxygens (including phenoxy) is 1. The monoisotopic (exact) mass is 394 g/mol. The second-order valence-corrected chi connectivity index (χ2v) is 8.17. The van der Waals surface area contributed by atoms with E-state index in [-0.39, 0.29) is 11.7 Å². The maximum atomic E-state index is 14.6. The lowest BCUT2D eigenvalue weighted by Gasteiger charge is -2.31. The Morgan fingerprint density at radius 2 is 2.00 bits per heavy atom. The largest absolute Gasteiger partial charge is 0.507 e. The van der Waals surface area contributed by atoms with Gasteiger partial charge in [-0.3, -0.25) is 4.68 Å². The first-order valence-electron chi connectivity index (χ1n) is 10.0. The maximum absolute atomic E-state index is 14.6. The van der Waals surface area contributed by atoms with Gasteiger partial charge in [0.05, 0.1) is 11.9 Å². The summed E-state index contributed by atoms with van der Waals surface area (Å²) < 4.78 is 22.1. The third-order valence-corrected chi connectivity index (χ3v) is 6.18. The molecule has 0 aliphatic heterocycles. The van der Waals surface area contributed by atoms with E-state index in [1.165, 1.54) is 0 Å². The molecule has 7 heteroatoms. The molecule has 6 nitrogen and oxygen atoms in total. The fraction of sp³-hybridized carbons (Fsp3) is 0.409. The zero-order valence-electron chi connectivity index (χ0n) is 16.2. The van der Waals surface area contributed by atoms with E-state index in [0.29, 0.717) is 23.1 Å². The van der Waals surface area contributed by atoms with Gasteiger partial charge < -0.3 is 9.84 Å².